The van der Waals surface area contributed by atoms with E-state index in [0.717, 1.165) is 33.8 Å². The summed E-state index contributed by atoms with van der Waals surface area (Å²) >= 11 is 1.66. The monoisotopic (exact) mass is 326 g/mol. The van der Waals surface area contributed by atoms with E-state index in [1.54, 1.807) is 11.3 Å². The van der Waals surface area contributed by atoms with Gasteiger partial charge in [-0.2, -0.15) is 0 Å². The van der Waals surface area contributed by atoms with Gasteiger partial charge in [-0.3, -0.25) is 4.79 Å². The summed E-state index contributed by atoms with van der Waals surface area (Å²) in [5, 5.41) is 6.20. The Bertz CT molecular complexity index is 706. The standard InChI is InChI=1S/C19H22N2OS/c1-12-20-18(11-23-12)14-4-6-17(7-5-14)21-19(22)10-16-9-13-2-3-15(16)8-13/h4-7,11,13,15-16H,2-3,8-10H2,1H3,(H,21,22)/t13-,15+,16+/m0/s1. The van der Waals surface area contributed by atoms with Crippen molar-refractivity contribution in [2.45, 2.75) is 39.0 Å². The molecular weight excluding hydrogens is 304 g/mol. The first kappa shape index (κ1) is 14.9. The number of thiazole rings is 1. The number of benzene rings is 1. The molecule has 23 heavy (non-hydrogen) atoms. The van der Waals surface area contributed by atoms with Gasteiger partial charge >= 0.3 is 0 Å². The predicted octanol–water partition coefficient (Wildman–Crippen LogP) is 4.88. The highest BCUT2D eigenvalue weighted by molar-refractivity contribution is 7.09. The molecule has 2 aliphatic carbocycles. The van der Waals surface area contributed by atoms with E-state index in [4.69, 9.17) is 0 Å². The topological polar surface area (TPSA) is 42.0 Å². The fourth-order valence-corrected chi connectivity index (χ4v) is 4.92. The lowest BCUT2D eigenvalue weighted by atomic mass is 9.86. The average molecular weight is 326 g/mol. The maximum absolute atomic E-state index is 12.3. The molecule has 1 N–H and O–H groups in total. The average Bonchev–Trinajstić information content (AvgIpc) is 3.25. The van der Waals surface area contributed by atoms with E-state index in [1.807, 2.05) is 31.2 Å². The van der Waals surface area contributed by atoms with Crippen LogP contribution in [0, 0.1) is 24.7 Å². The van der Waals surface area contributed by atoms with Gasteiger partial charge in [0.15, 0.2) is 0 Å². The lowest BCUT2D eigenvalue weighted by Crippen LogP contribution is -2.20. The van der Waals surface area contributed by atoms with Crippen molar-refractivity contribution in [2.24, 2.45) is 17.8 Å². The van der Waals surface area contributed by atoms with E-state index in [9.17, 15) is 4.79 Å². The van der Waals surface area contributed by atoms with Crippen LogP contribution in [0.5, 0.6) is 0 Å². The number of aryl methyl sites for hydroxylation is 1. The molecule has 4 rings (SSSR count). The first-order chi connectivity index (χ1) is 11.2. The smallest absolute Gasteiger partial charge is 0.224 e. The number of nitrogens with one attached hydrogen (secondary N) is 1. The summed E-state index contributed by atoms with van der Waals surface area (Å²) in [6, 6.07) is 8.01. The third kappa shape index (κ3) is 3.18. The maximum Gasteiger partial charge on any atom is 0.224 e. The molecule has 0 unspecified atom stereocenters. The molecular formula is C19H22N2OS. The largest absolute Gasteiger partial charge is 0.326 e. The van der Waals surface area contributed by atoms with Gasteiger partial charge in [0, 0.05) is 23.1 Å². The minimum atomic E-state index is 0.166. The first-order valence-corrected chi connectivity index (χ1v) is 9.38. The maximum atomic E-state index is 12.3. The van der Waals surface area contributed by atoms with Gasteiger partial charge in [-0.25, -0.2) is 4.98 Å². The molecule has 1 amide bonds. The highest BCUT2D eigenvalue weighted by Crippen LogP contribution is 2.49. The number of anilines is 1. The molecule has 1 heterocycles. The molecule has 3 atom stereocenters. The second kappa shape index (κ2) is 6.08. The third-order valence-corrected chi connectivity index (χ3v) is 6.19. The highest BCUT2D eigenvalue weighted by atomic mass is 32.1. The molecule has 0 spiro atoms. The van der Waals surface area contributed by atoms with E-state index in [0.29, 0.717) is 12.3 Å². The molecule has 1 aromatic heterocycles. The van der Waals surface area contributed by atoms with E-state index in [-0.39, 0.29) is 5.91 Å². The minimum Gasteiger partial charge on any atom is -0.326 e. The molecule has 2 saturated carbocycles. The van der Waals surface area contributed by atoms with Crippen molar-refractivity contribution in [3.8, 4) is 11.3 Å². The van der Waals surface area contributed by atoms with Crippen molar-refractivity contribution in [2.75, 3.05) is 5.32 Å². The fraction of sp³-hybridized carbons (Fsp3) is 0.474. The van der Waals surface area contributed by atoms with Gasteiger partial charge in [0.25, 0.3) is 0 Å². The van der Waals surface area contributed by atoms with Crippen LogP contribution < -0.4 is 5.32 Å². The van der Waals surface area contributed by atoms with Gasteiger partial charge in [0.1, 0.15) is 0 Å². The quantitative estimate of drug-likeness (QED) is 0.869. The van der Waals surface area contributed by atoms with Gasteiger partial charge in [-0.05, 0) is 56.1 Å². The van der Waals surface area contributed by atoms with Crippen LogP contribution in [-0.2, 0) is 4.79 Å². The summed E-state index contributed by atoms with van der Waals surface area (Å²) in [5.41, 5.74) is 2.99. The van der Waals surface area contributed by atoms with Crippen LogP contribution in [0.2, 0.25) is 0 Å². The third-order valence-electron chi connectivity index (χ3n) is 5.42. The van der Waals surface area contributed by atoms with Gasteiger partial charge in [0.05, 0.1) is 10.7 Å². The molecule has 2 aromatic rings. The number of carbonyl (C=O) groups excluding carboxylic acids is 1. The summed E-state index contributed by atoms with van der Waals surface area (Å²) in [6.45, 7) is 2.01. The van der Waals surface area contributed by atoms with Crippen LogP contribution >= 0.6 is 11.3 Å². The Kier molecular flexibility index (Phi) is 3.93. The Balaban J connectivity index is 1.36. The molecule has 120 valence electrons. The number of nitrogens with zero attached hydrogens (tertiary/aromatic N) is 1. The molecule has 2 fully saturated rings. The Morgan fingerprint density at radius 2 is 2.09 bits per heavy atom. The highest BCUT2D eigenvalue weighted by Gasteiger charge is 2.40. The molecule has 0 radical (unpaired) electrons. The number of aromatic nitrogens is 1. The zero-order chi connectivity index (χ0) is 15.8. The number of hydrogen-bond acceptors (Lipinski definition) is 3. The molecule has 2 aliphatic rings. The zero-order valence-corrected chi connectivity index (χ0v) is 14.2. The molecule has 1 aromatic carbocycles. The van der Waals surface area contributed by atoms with Crippen molar-refractivity contribution in [3.05, 3.63) is 34.7 Å². The van der Waals surface area contributed by atoms with Crippen LogP contribution in [0.25, 0.3) is 11.3 Å². The predicted molar refractivity (Wildman–Crippen MR) is 94.5 cm³/mol. The van der Waals surface area contributed by atoms with E-state index >= 15 is 0 Å². The summed E-state index contributed by atoms with van der Waals surface area (Å²) < 4.78 is 0. The summed E-state index contributed by atoms with van der Waals surface area (Å²) in [6.07, 6.45) is 6.04. The van der Waals surface area contributed by atoms with Crippen molar-refractivity contribution in [3.63, 3.8) is 0 Å². The van der Waals surface area contributed by atoms with Crippen molar-refractivity contribution in [1.29, 1.82) is 0 Å². The second-order valence-electron chi connectivity index (χ2n) is 7.02. The zero-order valence-electron chi connectivity index (χ0n) is 13.4. The number of hydrogen-bond donors (Lipinski definition) is 1. The van der Waals surface area contributed by atoms with Crippen LogP contribution in [-0.4, -0.2) is 10.9 Å². The van der Waals surface area contributed by atoms with Crippen molar-refractivity contribution in [1.82, 2.24) is 4.98 Å². The SMILES string of the molecule is Cc1nc(-c2ccc(NC(=O)C[C@H]3C[C@H]4CC[C@@H]3C4)cc2)cs1. The van der Waals surface area contributed by atoms with E-state index in [2.05, 4.69) is 15.7 Å². The summed E-state index contributed by atoms with van der Waals surface area (Å²) in [4.78, 5) is 16.8. The summed E-state index contributed by atoms with van der Waals surface area (Å²) in [7, 11) is 0. The van der Waals surface area contributed by atoms with Crippen LogP contribution in [0.4, 0.5) is 5.69 Å². The number of amides is 1. The Labute approximate surface area is 141 Å². The normalized spacial score (nSPS) is 25.7. The van der Waals surface area contributed by atoms with Gasteiger partial charge in [-0.15, -0.1) is 11.3 Å². The molecule has 0 aliphatic heterocycles. The van der Waals surface area contributed by atoms with Gasteiger partial charge in [-0.1, -0.05) is 18.6 Å². The first-order valence-electron chi connectivity index (χ1n) is 8.50. The lowest BCUT2D eigenvalue weighted by molar-refractivity contribution is -0.117. The molecule has 0 saturated heterocycles. The fourth-order valence-electron chi connectivity index (χ4n) is 4.30. The van der Waals surface area contributed by atoms with Crippen molar-refractivity contribution >= 4 is 22.9 Å². The number of carbonyl (C=O) groups is 1. The van der Waals surface area contributed by atoms with E-state index in [1.165, 1.54) is 25.7 Å². The minimum absolute atomic E-state index is 0.166. The molecule has 3 nitrogen and oxygen atoms in total. The van der Waals surface area contributed by atoms with Gasteiger partial charge < -0.3 is 5.32 Å². The van der Waals surface area contributed by atoms with Crippen LogP contribution in [0.15, 0.2) is 29.6 Å². The Morgan fingerprint density at radius 3 is 2.70 bits per heavy atom. The second-order valence-corrected chi connectivity index (χ2v) is 8.08. The molecule has 2 bridgehead atoms. The molecule has 4 heteroatoms. The Hall–Kier alpha value is -1.68. The summed E-state index contributed by atoms with van der Waals surface area (Å²) in [5.74, 6) is 2.49. The van der Waals surface area contributed by atoms with E-state index < -0.39 is 0 Å². The number of fused-ring (bicyclic) bond motifs is 2. The van der Waals surface area contributed by atoms with Crippen LogP contribution in [0.3, 0.4) is 0 Å². The van der Waals surface area contributed by atoms with Gasteiger partial charge in [0.2, 0.25) is 5.91 Å². The van der Waals surface area contributed by atoms with Crippen molar-refractivity contribution < 1.29 is 4.79 Å². The Morgan fingerprint density at radius 1 is 1.26 bits per heavy atom. The van der Waals surface area contributed by atoms with Crippen LogP contribution in [0.1, 0.15) is 37.1 Å². The number of rotatable bonds is 4. The lowest BCUT2D eigenvalue weighted by Gasteiger charge is -2.20.